The van der Waals surface area contributed by atoms with Gasteiger partial charge in [-0.1, -0.05) is 6.07 Å². The number of carbonyl (C=O) groups excluding carboxylic acids is 1. The van der Waals surface area contributed by atoms with Crippen molar-refractivity contribution in [3.63, 3.8) is 0 Å². The Balaban J connectivity index is 2.14. The van der Waals surface area contributed by atoms with Crippen LogP contribution in [0.2, 0.25) is 0 Å². The predicted octanol–water partition coefficient (Wildman–Crippen LogP) is 4.94. The Morgan fingerprint density at radius 3 is 2.48 bits per heavy atom. The van der Waals surface area contributed by atoms with Crippen LogP contribution in [-0.2, 0) is 16.0 Å². The largest absolute Gasteiger partial charge is 0.508 e. The van der Waals surface area contributed by atoms with E-state index in [1.807, 2.05) is 6.92 Å². The third kappa shape index (κ3) is 5.10. The highest BCUT2D eigenvalue weighted by atomic mass is 19.1. The second-order valence-electron chi connectivity index (χ2n) is 8.48. The van der Waals surface area contributed by atoms with Crippen LogP contribution in [0.25, 0.3) is 6.08 Å². The molecule has 0 aliphatic carbocycles. The molecule has 0 aromatic heterocycles. The number of esters is 1. The summed E-state index contributed by atoms with van der Waals surface area (Å²) in [5.41, 5.74) is -0.235. The first-order chi connectivity index (χ1) is 14.5. The van der Waals surface area contributed by atoms with E-state index in [0.717, 1.165) is 23.8 Å². The number of nitrogens with zero attached hydrogens (tertiary/aromatic N) is 1. The standard InChI is InChI=1S/C24H26F3NO3/c1-14-9-16-12-17(29)6-7-18(16)23(28(14)13-24(2,3)27)22-19(25)10-15(11-20(22)26)5-8-21(30)31-4/h5-8,10-12,14,23,29H,9,13H2,1-4H3/b8-5+. The Morgan fingerprint density at radius 1 is 1.26 bits per heavy atom. The lowest BCUT2D eigenvalue weighted by Gasteiger charge is -2.44. The number of benzene rings is 2. The summed E-state index contributed by atoms with van der Waals surface area (Å²) >= 11 is 0. The quantitative estimate of drug-likeness (QED) is 0.536. The topological polar surface area (TPSA) is 49.8 Å². The minimum absolute atomic E-state index is 0.0258. The van der Waals surface area contributed by atoms with Crippen LogP contribution in [0.1, 0.15) is 49.1 Å². The van der Waals surface area contributed by atoms with E-state index in [9.17, 15) is 14.3 Å². The number of rotatable bonds is 5. The van der Waals surface area contributed by atoms with Gasteiger partial charge in [0.15, 0.2) is 0 Å². The van der Waals surface area contributed by atoms with Crippen molar-refractivity contribution in [2.75, 3.05) is 13.7 Å². The highest BCUT2D eigenvalue weighted by Gasteiger charge is 2.39. The van der Waals surface area contributed by atoms with Gasteiger partial charge in [-0.3, -0.25) is 4.90 Å². The van der Waals surface area contributed by atoms with Gasteiger partial charge in [0.1, 0.15) is 23.1 Å². The van der Waals surface area contributed by atoms with Crippen LogP contribution in [0.3, 0.4) is 0 Å². The number of aromatic hydroxyl groups is 1. The molecule has 1 aliphatic rings. The number of ether oxygens (including phenoxy) is 1. The number of methoxy groups -OCH3 is 1. The molecule has 31 heavy (non-hydrogen) atoms. The highest BCUT2D eigenvalue weighted by Crippen LogP contribution is 2.42. The van der Waals surface area contributed by atoms with Crippen LogP contribution < -0.4 is 0 Å². The number of hydrogen-bond donors (Lipinski definition) is 1. The molecule has 0 saturated carbocycles. The van der Waals surface area contributed by atoms with Crippen molar-refractivity contribution in [3.8, 4) is 5.75 Å². The normalized spacial score (nSPS) is 19.5. The molecule has 0 bridgehead atoms. The van der Waals surface area contributed by atoms with Gasteiger partial charge in [0.25, 0.3) is 0 Å². The maximum atomic E-state index is 15.2. The Labute approximate surface area is 179 Å². The Morgan fingerprint density at radius 2 is 1.90 bits per heavy atom. The average molecular weight is 433 g/mol. The summed E-state index contributed by atoms with van der Waals surface area (Å²) in [6.07, 6.45) is 2.85. The van der Waals surface area contributed by atoms with Gasteiger partial charge in [-0.15, -0.1) is 0 Å². The van der Waals surface area contributed by atoms with Crippen LogP contribution in [0.15, 0.2) is 36.4 Å². The molecule has 0 radical (unpaired) electrons. The van der Waals surface area contributed by atoms with E-state index in [1.54, 1.807) is 17.0 Å². The van der Waals surface area contributed by atoms with Gasteiger partial charge in [-0.25, -0.2) is 18.0 Å². The number of phenols is 1. The van der Waals surface area contributed by atoms with Gasteiger partial charge >= 0.3 is 5.97 Å². The number of alkyl halides is 1. The molecule has 3 rings (SSSR count). The van der Waals surface area contributed by atoms with E-state index in [0.29, 0.717) is 12.0 Å². The Hall–Kier alpha value is -2.80. The molecule has 0 fully saturated rings. The summed E-state index contributed by atoms with van der Waals surface area (Å²) in [7, 11) is 1.21. The van der Waals surface area contributed by atoms with E-state index in [2.05, 4.69) is 4.74 Å². The molecule has 166 valence electrons. The molecule has 0 saturated heterocycles. The van der Waals surface area contributed by atoms with Crippen LogP contribution in [0, 0.1) is 11.6 Å². The van der Waals surface area contributed by atoms with E-state index < -0.39 is 29.3 Å². The number of carbonyl (C=O) groups is 1. The van der Waals surface area contributed by atoms with Crippen molar-refractivity contribution >= 4 is 12.0 Å². The Kier molecular flexibility index (Phi) is 6.46. The van der Waals surface area contributed by atoms with Gasteiger partial charge in [0.2, 0.25) is 0 Å². The van der Waals surface area contributed by atoms with Crippen LogP contribution in [0.5, 0.6) is 5.75 Å². The molecule has 7 heteroatoms. The summed E-state index contributed by atoms with van der Waals surface area (Å²) in [6, 6.07) is 5.86. The summed E-state index contributed by atoms with van der Waals surface area (Å²) < 4.78 is 49.6. The first-order valence-corrected chi connectivity index (χ1v) is 10.0. The monoisotopic (exact) mass is 433 g/mol. The molecule has 2 unspecified atom stereocenters. The lowest BCUT2D eigenvalue weighted by Crippen LogP contribution is -2.48. The van der Waals surface area contributed by atoms with Gasteiger partial charge in [-0.2, -0.15) is 0 Å². The van der Waals surface area contributed by atoms with Crippen molar-refractivity contribution in [1.82, 2.24) is 4.90 Å². The zero-order chi connectivity index (χ0) is 22.9. The van der Waals surface area contributed by atoms with Crippen LogP contribution in [-0.4, -0.2) is 41.3 Å². The maximum Gasteiger partial charge on any atom is 0.330 e. The zero-order valence-corrected chi connectivity index (χ0v) is 18.0. The zero-order valence-electron chi connectivity index (χ0n) is 18.0. The summed E-state index contributed by atoms with van der Waals surface area (Å²) in [5, 5.41) is 9.89. The molecule has 0 amide bonds. The number of fused-ring (bicyclic) bond motifs is 1. The number of halogens is 3. The first kappa shape index (κ1) is 22.9. The van der Waals surface area contributed by atoms with Crippen molar-refractivity contribution in [2.24, 2.45) is 0 Å². The van der Waals surface area contributed by atoms with E-state index in [1.165, 1.54) is 33.1 Å². The highest BCUT2D eigenvalue weighted by molar-refractivity contribution is 5.86. The fourth-order valence-electron chi connectivity index (χ4n) is 4.10. The number of hydrogen-bond acceptors (Lipinski definition) is 4. The molecule has 2 atom stereocenters. The smallest absolute Gasteiger partial charge is 0.330 e. The van der Waals surface area contributed by atoms with Gasteiger partial charge in [0.05, 0.1) is 13.2 Å². The van der Waals surface area contributed by atoms with Crippen molar-refractivity contribution in [2.45, 2.75) is 44.9 Å². The third-order valence-electron chi connectivity index (χ3n) is 5.38. The summed E-state index contributed by atoms with van der Waals surface area (Å²) in [6.45, 7) is 4.70. The molecule has 1 heterocycles. The van der Waals surface area contributed by atoms with Gasteiger partial charge < -0.3 is 9.84 Å². The summed E-state index contributed by atoms with van der Waals surface area (Å²) in [4.78, 5) is 13.0. The van der Waals surface area contributed by atoms with Crippen molar-refractivity contribution in [3.05, 3.63) is 70.3 Å². The molecule has 1 aliphatic heterocycles. The number of phenolic OH excluding ortho intramolecular Hbond substituents is 1. The second-order valence-corrected chi connectivity index (χ2v) is 8.48. The van der Waals surface area contributed by atoms with E-state index in [-0.39, 0.29) is 29.5 Å². The minimum Gasteiger partial charge on any atom is -0.508 e. The Bertz CT molecular complexity index is 991. The predicted molar refractivity (Wildman–Crippen MR) is 112 cm³/mol. The molecular weight excluding hydrogens is 407 g/mol. The van der Waals surface area contributed by atoms with Crippen LogP contribution >= 0.6 is 0 Å². The molecule has 1 N–H and O–H groups in total. The molecule has 2 aromatic rings. The summed E-state index contributed by atoms with van der Waals surface area (Å²) in [5.74, 6) is -2.18. The molecule has 2 aromatic carbocycles. The lowest BCUT2D eigenvalue weighted by atomic mass is 9.83. The molecule has 4 nitrogen and oxygen atoms in total. The molecule has 0 spiro atoms. The lowest BCUT2D eigenvalue weighted by molar-refractivity contribution is -0.134. The van der Waals surface area contributed by atoms with Gasteiger partial charge in [-0.05, 0) is 74.2 Å². The van der Waals surface area contributed by atoms with E-state index >= 15 is 8.78 Å². The second kappa shape index (κ2) is 8.75. The average Bonchev–Trinajstić information content (AvgIpc) is 2.66. The minimum atomic E-state index is -1.59. The van der Waals surface area contributed by atoms with E-state index in [4.69, 9.17) is 0 Å². The third-order valence-corrected chi connectivity index (χ3v) is 5.38. The van der Waals surface area contributed by atoms with Crippen molar-refractivity contribution in [1.29, 1.82) is 0 Å². The molecular formula is C24H26F3NO3. The first-order valence-electron chi connectivity index (χ1n) is 10.0. The maximum absolute atomic E-state index is 15.2. The van der Waals surface area contributed by atoms with Crippen molar-refractivity contribution < 1.29 is 27.8 Å². The fraction of sp³-hybridized carbons (Fsp3) is 0.375. The fourth-order valence-corrected chi connectivity index (χ4v) is 4.10. The van der Waals surface area contributed by atoms with Gasteiger partial charge in [0, 0.05) is 24.2 Å². The SMILES string of the molecule is COC(=O)/C=C/c1cc(F)c(C2c3ccc(O)cc3CC(C)N2CC(C)(C)F)c(F)c1. The van der Waals surface area contributed by atoms with Crippen LogP contribution in [0.4, 0.5) is 13.2 Å².